The van der Waals surface area contributed by atoms with Gasteiger partial charge in [-0.2, -0.15) is 4.37 Å². The molecular weight excluding hydrogens is 434 g/mol. The summed E-state index contributed by atoms with van der Waals surface area (Å²) in [6.45, 7) is 2.11. The van der Waals surface area contributed by atoms with E-state index in [0.29, 0.717) is 13.0 Å². The number of thioether (sulfide) groups is 1. The molecule has 164 valence electrons. The molecule has 0 saturated carbocycles. The molecule has 3 heterocycles. The van der Waals surface area contributed by atoms with Crippen LogP contribution in [0.4, 0.5) is 0 Å². The van der Waals surface area contributed by atoms with E-state index in [4.69, 9.17) is 4.74 Å². The number of nitrogens with zero attached hydrogens (tertiary/aromatic N) is 1. The van der Waals surface area contributed by atoms with Gasteiger partial charge in [-0.3, -0.25) is 0 Å². The second-order valence-electron chi connectivity index (χ2n) is 8.20. The van der Waals surface area contributed by atoms with E-state index in [2.05, 4.69) is 35.6 Å². The number of aliphatic hydroxyl groups is 4. The Balaban J connectivity index is 1.55. The molecule has 31 heavy (non-hydrogen) atoms. The number of aryl methyl sites for hydroxylation is 1. The molecule has 0 amide bonds. The molecule has 1 aromatic heterocycles. The minimum atomic E-state index is -1.41. The Morgan fingerprint density at radius 2 is 1.84 bits per heavy atom. The Bertz CT molecular complexity index is 1100. The van der Waals surface area contributed by atoms with E-state index in [1.165, 1.54) is 34.4 Å². The second kappa shape index (κ2) is 8.12. The van der Waals surface area contributed by atoms with Crippen LogP contribution in [0.3, 0.4) is 0 Å². The maximum Gasteiger partial charge on any atom is 0.168 e. The zero-order chi connectivity index (χ0) is 21.8. The SMILES string of the molecule is CCc1ccc(Cc2nsc3cc4c(cc23)[C@]2(OC4)S[C@H](CO)[C@@H](O)[C@H](O)[C@H]2O)cc1. The van der Waals surface area contributed by atoms with Crippen molar-refractivity contribution in [3.8, 4) is 0 Å². The van der Waals surface area contributed by atoms with Crippen LogP contribution in [0.25, 0.3) is 10.1 Å². The normalized spacial score (nSPS) is 30.2. The van der Waals surface area contributed by atoms with Crippen molar-refractivity contribution in [2.75, 3.05) is 6.61 Å². The first kappa shape index (κ1) is 21.3. The quantitative estimate of drug-likeness (QED) is 0.475. The van der Waals surface area contributed by atoms with Crippen molar-refractivity contribution in [2.24, 2.45) is 0 Å². The minimum absolute atomic E-state index is 0.294. The van der Waals surface area contributed by atoms with E-state index in [1.807, 2.05) is 12.1 Å². The molecule has 5 atom stereocenters. The standard InChI is InChI=1S/C23H25NO5S2/c1-2-12-3-5-13(6-4-12)7-17-15-9-16-14(8-18(15)31-24-17)11-29-23(16)22(28)21(27)20(26)19(10-25)30-23/h3-6,8-9,19-22,25-28H,2,7,10-11H2,1H3/t19-,20-,21+,22-,23+/m1/s1. The highest BCUT2D eigenvalue weighted by Crippen LogP contribution is 2.54. The van der Waals surface area contributed by atoms with Crippen molar-refractivity contribution in [3.05, 3.63) is 64.3 Å². The number of hydrogen-bond acceptors (Lipinski definition) is 8. The first-order valence-electron chi connectivity index (χ1n) is 10.4. The lowest BCUT2D eigenvalue weighted by atomic mass is 9.92. The molecule has 5 rings (SSSR count). The molecule has 1 spiro atoms. The predicted molar refractivity (Wildman–Crippen MR) is 121 cm³/mol. The average molecular weight is 460 g/mol. The fourth-order valence-corrected chi connectivity index (χ4v) is 6.87. The Morgan fingerprint density at radius 1 is 1.10 bits per heavy atom. The lowest BCUT2D eigenvalue weighted by Gasteiger charge is -2.45. The molecule has 0 aliphatic carbocycles. The van der Waals surface area contributed by atoms with Gasteiger partial charge < -0.3 is 25.2 Å². The van der Waals surface area contributed by atoms with Gasteiger partial charge in [-0.25, -0.2) is 0 Å². The van der Waals surface area contributed by atoms with Crippen molar-refractivity contribution >= 4 is 33.4 Å². The number of rotatable bonds is 4. The van der Waals surface area contributed by atoms with Gasteiger partial charge in [0, 0.05) is 17.4 Å². The molecule has 1 fully saturated rings. The molecule has 2 aliphatic heterocycles. The van der Waals surface area contributed by atoms with Gasteiger partial charge in [-0.05, 0) is 46.8 Å². The van der Waals surface area contributed by atoms with Crippen LogP contribution in [0.15, 0.2) is 36.4 Å². The number of aliphatic hydroxyl groups excluding tert-OH is 4. The number of aromatic nitrogens is 1. The highest BCUT2D eigenvalue weighted by atomic mass is 32.2. The predicted octanol–water partition coefficient (Wildman–Crippen LogP) is 2.32. The minimum Gasteiger partial charge on any atom is -0.395 e. The van der Waals surface area contributed by atoms with Crippen LogP contribution in [0.5, 0.6) is 0 Å². The van der Waals surface area contributed by atoms with Crippen molar-refractivity contribution in [1.29, 1.82) is 0 Å². The number of ether oxygens (including phenoxy) is 1. The molecule has 8 heteroatoms. The molecule has 2 aromatic carbocycles. The van der Waals surface area contributed by atoms with Crippen LogP contribution in [0.1, 0.15) is 34.9 Å². The molecule has 4 N–H and O–H groups in total. The summed E-state index contributed by atoms with van der Waals surface area (Å²) in [5, 5.41) is 41.6. The van der Waals surface area contributed by atoms with Crippen LogP contribution in [-0.2, 0) is 29.1 Å². The topological polar surface area (TPSA) is 103 Å². The fraction of sp³-hybridized carbons (Fsp3) is 0.435. The van der Waals surface area contributed by atoms with Crippen LogP contribution in [0.2, 0.25) is 0 Å². The Labute approximate surface area is 188 Å². The molecule has 0 unspecified atom stereocenters. The lowest BCUT2D eigenvalue weighted by molar-refractivity contribution is -0.147. The first-order chi connectivity index (χ1) is 15.0. The summed E-state index contributed by atoms with van der Waals surface area (Å²) in [5.41, 5.74) is 5.16. The summed E-state index contributed by atoms with van der Waals surface area (Å²) in [4.78, 5) is -1.22. The summed E-state index contributed by atoms with van der Waals surface area (Å²) >= 11 is 2.62. The highest BCUT2D eigenvalue weighted by Gasteiger charge is 2.57. The summed E-state index contributed by atoms with van der Waals surface area (Å²) in [6.07, 6.45) is -2.24. The van der Waals surface area contributed by atoms with Gasteiger partial charge in [-0.15, -0.1) is 11.8 Å². The third-order valence-electron chi connectivity index (χ3n) is 6.34. The van der Waals surface area contributed by atoms with Gasteiger partial charge in [0.15, 0.2) is 4.93 Å². The van der Waals surface area contributed by atoms with E-state index in [9.17, 15) is 20.4 Å². The summed E-state index contributed by atoms with van der Waals surface area (Å²) in [7, 11) is 0. The van der Waals surface area contributed by atoms with Crippen molar-refractivity contribution in [1.82, 2.24) is 4.37 Å². The molecule has 0 bridgehead atoms. The largest absolute Gasteiger partial charge is 0.395 e. The molecule has 6 nitrogen and oxygen atoms in total. The maximum atomic E-state index is 10.9. The summed E-state index contributed by atoms with van der Waals surface area (Å²) in [6, 6.07) is 12.6. The zero-order valence-electron chi connectivity index (χ0n) is 17.1. The van der Waals surface area contributed by atoms with Gasteiger partial charge in [0.25, 0.3) is 0 Å². The van der Waals surface area contributed by atoms with E-state index < -0.39 is 28.5 Å². The first-order valence-corrected chi connectivity index (χ1v) is 12.1. The third kappa shape index (κ3) is 3.41. The lowest BCUT2D eigenvalue weighted by Crippen LogP contribution is -2.58. The maximum absolute atomic E-state index is 10.9. The molecule has 3 aromatic rings. The van der Waals surface area contributed by atoms with Gasteiger partial charge >= 0.3 is 0 Å². The van der Waals surface area contributed by atoms with Crippen molar-refractivity contribution < 1.29 is 25.2 Å². The highest BCUT2D eigenvalue weighted by molar-refractivity contribution is 8.00. The second-order valence-corrected chi connectivity index (χ2v) is 10.5. The van der Waals surface area contributed by atoms with Gasteiger partial charge in [0.05, 0.1) is 35.0 Å². The monoisotopic (exact) mass is 459 g/mol. The molecular formula is C23H25NO5S2. The van der Waals surface area contributed by atoms with E-state index in [0.717, 1.165) is 33.3 Å². The van der Waals surface area contributed by atoms with Crippen LogP contribution >= 0.6 is 23.3 Å². The van der Waals surface area contributed by atoms with Gasteiger partial charge in [0.1, 0.15) is 12.2 Å². The Morgan fingerprint density at radius 3 is 2.55 bits per heavy atom. The third-order valence-corrected chi connectivity index (χ3v) is 8.85. The fourth-order valence-electron chi connectivity index (χ4n) is 4.48. The average Bonchev–Trinajstić information content (AvgIpc) is 3.35. The van der Waals surface area contributed by atoms with Gasteiger partial charge in [0.2, 0.25) is 0 Å². The molecule has 2 aliphatic rings. The smallest absolute Gasteiger partial charge is 0.168 e. The van der Waals surface area contributed by atoms with Crippen LogP contribution < -0.4 is 0 Å². The van der Waals surface area contributed by atoms with E-state index in [1.54, 1.807) is 0 Å². The van der Waals surface area contributed by atoms with Crippen LogP contribution in [0, 0.1) is 0 Å². The van der Waals surface area contributed by atoms with Gasteiger partial charge in [-0.1, -0.05) is 31.2 Å². The van der Waals surface area contributed by atoms with E-state index >= 15 is 0 Å². The number of hydrogen-bond donors (Lipinski definition) is 4. The Hall–Kier alpha value is -1.52. The van der Waals surface area contributed by atoms with E-state index in [-0.39, 0.29) is 6.61 Å². The molecule has 0 radical (unpaired) electrons. The molecule has 1 saturated heterocycles. The van der Waals surface area contributed by atoms with Crippen molar-refractivity contribution in [3.63, 3.8) is 0 Å². The van der Waals surface area contributed by atoms with Crippen LogP contribution in [-0.4, -0.2) is 55.0 Å². The summed E-state index contributed by atoms with van der Waals surface area (Å²) < 4.78 is 11.8. The Kier molecular flexibility index (Phi) is 5.58. The summed E-state index contributed by atoms with van der Waals surface area (Å²) in [5.74, 6) is 0. The number of fused-ring (bicyclic) bond motifs is 3. The zero-order valence-corrected chi connectivity index (χ0v) is 18.7. The number of benzene rings is 2. The van der Waals surface area contributed by atoms with Crippen molar-refractivity contribution in [2.45, 2.75) is 54.9 Å².